The summed E-state index contributed by atoms with van der Waals surface area (Å²) in [6.07, 6.45) is 3.24. The van der Waals surface area contributed by atoms with E-state index in [4.69, 9.17) is 0 Å². The molecule has 1 N–H and O–H groups in total. The molecule has 0 radical (unpaired) electrons. The van der Waals surface area contributed by atoms with Gasteiger partial charge in [-0.1, -0.05) is 0 Å². The molecular weight excluding hydrogens is 224 g/mol. The van der Waals surface area contributed by atoms with Gasteiger partial charge in [-0.2, -0.15) is 0 Å². The van der Waals surface area contributed by atoms with Gasteiger partial charge in [-0.3, -0.25) is 0 Å². The molecule has 0 bridgehead atoms. The van der Waals surface area contributed by atoms with Crippen LogP contribution in [-0.4, -0.2) is 18.1 Å². The summed E-state index contributed by atoms with van der Waals surface area (Å²) in [7, 11) is 0. The van der Waals surface area contributed by atoms with Gasteiger partial charge in [0.05, 0.1) is 0 Å². The molecule has 1 saturated heterocycles. The number of aromatic nitrogens is 1. The molecule has 0 aliphatic carbocycles. The zero-order valence-electron chi connectivity index (χ0n) is 6.01. The standard InChI is InChI=1S/C7H9BrN2S/c8-7-10-4-6(11-7)5-1-2-9-3-5/h4-5,9H,1-3H2. The van der Waals surface area contributed by atoms with Crippen LogP contribution in [0, 0.1) is 0 Å². The van der Waals surface area contributed by atoms with E-state index in [0.717, 1.165) is 17.0 Å². The van der Waals surface area contributed by atoms with E-state index in [1.165, 1.54) is 11.3 Å². The topological polar surface area (TPSA) is 24.9 Å². The number of nitrogens with one attached hydrogen (secondary N) is 1. The second-order valence-corrected chi connectivity index (χ2v) is 5.04. The molecule has 1 aromatic rings. The van der Waals surface area contributed by atoms with E-state index >= 15 is 0 Å². The van der Waals surface area contributed by atoms with Crippen LogP contribution in [0.5, 0.6) is 0 Å². The largest absolute Gasteiger partial charge is 0.316 e. The first-order valence-electron chi connectivity index (χ1n) is 3.68. The first kappa shape index (κ1) is 7.71. The van der Waals surface area contributed by atoms with Crippen LogP contribution in [0.25, 0.3) is 0 Å². The van der Waals surface area contributed by atoms with Gasteiger partial charge in [0.15, 0.2) is 3.92 Å². The fourth-order valence-electron chi connectivity index (χ4n) is 1.35. The summed E-state index contributed by atoms with van der Waals surface area (Å²) >= 11 is 5.12. The highest BCUT2D eigenvalue weighted by Gasteiger charge is 2.18. The van der Waals surface area contributed by atoms with Crippen molar-refractivity contribution in [1.82, 2.24) is 10.3 Å². The van der Waals surface area contributed by atoms with Crippen molar-refractivity contribution < 1.29 is 0 Å². The van der Waals surface area contributed by atoms with E-state index in [1.54, 1.807) is 11.3 Å². The average molecular weight is 233 g/mol. The summed E-state index contributed by atoms with van der Waals surface area (Å²) in [4.78, 5) is 5.57. The lowest BCUT2D eigenvalue weighted by Crippen LogP contribution is -2.07. The van der Waals surface area contributed by atoms with Crippen LogP contribution in [0.15, 0.2) is 10.1 Å². The minimum atomic E-state index is 0.707. The predicted molar refractivity (Wildman–Crippen MR) is 50.0 cm³/mol. The van der Waals surface area contributed by atoms with E-state index in [2.05, 4.69) is 26.2 Å². The molecule has 0 amide bonds. The van der Waals surface area contributed by atoms with Gasteiger partial charge in [0.2, 0.25) is 0 Å². The van der Waals surface area contributed by atoms with Crippen LogP contribution >= 0.6 is 27.3 Å². The highest BCUT2D eigenvalue weighted by molar-refractivity contribution is 9.11. The lowest BCUT2D eigenvalue weighted by atomic mass is 10.1. The zero-order chi connectivity index (χ0) is 7.68. The summed E-state index contributed by atoms with van der Waals surface area (Å²) < 4.78 is 0.999. The first-order valence-corrected chi connectivity index (χ1v) is 5.29. The molecule has 0 aromatic carbocycles. The lowest BCUT2D eigenvalue weighted by molar-refractivity contribution is 0.776. The van der Waals surface area contributed by atoms with E-state index in [9.17, 15) is 0 Å². The molecule has 1 aliphatic heterocycles. The molecule has 60 valence electrons. The summed E-state index contributed by atoms with van der Waals surface area (Å²) in [6.45, 7) is 2.27. The number of nitrogens with zero attached hydrogens (tertiary/aromatic N) is 1. The molecule has 2 rings (SSSR count). The lowest BCUT2D eigenvalue weighted by Gasteiger charge is -2.01. The SMILES string of the molecule is Brc1ncc(C2CCNC2)s1. The van der Waals surface area contributed by atoms with Gasteiger partial charge in [-0.25, -0.2) is 4.98 Å². The first-order chi connectivity index (χ1) is 5.36. The minimum Gasteiger partial charge on any atom is -0.316 e. The Kier molecular flexibility index (Phi) is 2.25. The summed E-state index contributed by atoms with van der Waals surface area (Å²) in [5, 5.41) is 3.34. The highest BCUT2D eigenvalue weighted by atomic mass is 79.9. The third-order valence-electron chi connectivity index (χ3n) is 1.96. The van der Waals surface area contributed by atoms with Crippen molar-refractivity contribution in [2.45, 2.75) is 12.3 Å². The van der Waals surface area contributed by atoms with Gasteiger partial charge in [-0.15, -0.1) is 11.3 Å². The van der Waals surface area contributed by atoms with Gasteiger partial charge >= 0.3 is 0 Å². The van der Waals surface area contributed by atoms with Crippen molar-refractivity contribution >= 4 is 27.3 Å². The Bertz CT molecular complexity index is 242. The summed E-state index contributed by atoms with van der Waals surface area (Å²) in [5.74, 6) is 0.707. The smallest absolute Gasteiger partial charge is 0.159 e. The number of hydrogen-bond donors (Lipinski definition) is 1. The Morgan fingerprint density at radius 3 is 3.18 bits per heavy atom. The Morgan fingerprint density at radius 1 is 1.73 bits per heavy atom. The predicted octanol–water partition coefficient (Wildman–Crippen LogP) is 1.98. The molecule has 1 fully saturated rings. The van der Waals surface area contributed by atoms with E-state index in [0.29, 0.717) is 5.92 Å². The number of rotatable bonds is 1. The Hall–Kier alpha value is 0.0700. The molecule has 1 unspecified atom stereocenters. The maximum absolute atomic E-state index is 4.17. The van der Waals surface area contributed by atoms with Crippen molar-refractivity contribution in [3.8, 4) is 0 Å². The van der Waals surface area contributed by atoms with Crippen LogP contribution in [0.3, 0.4) is 0 Å². The van der Waals surface area contributed by atoms with Gasteiger partial charge in [-0.05, 0) is 28.9 Å². The monoisotopic (exact) mass is 232 g/mol. The second kappa shape index (κ2) is 3.21. The number of hydrogen-bond acceptors (Lipinski definition) is 3. The maximum Gasteiger partial charge on any atom is 0.159 e. The normalized spacial score (nSPS) is 24.3. The van der Waals surface area contributed by atoms with Crippen LogP contribution in [0.1, 0.15) is 17.2 Å². The number of thiazole rings is 1. The third kappa shape index (κ3) is 1.63. The quantitative estimate of drug-likeness (QED) is 0.802. The molecule has 11 heavy (non-hydrogen) atoms. The Morgan fingerprint density at radius 2 is 2.64 bits per heavy atom. The summed E-state index contributed by atoms with van der Waals surface area (Å²) in [5.41, 5.74) is 0. The van der Waals surface area contributed by atoms with E-state index < -0.39 is 0 Å². The van der Waals surface area contributed by atoms with Crippen LogP contribution in [-0.2, 0) is 0 Å². The maximum atomic E-state index is 4.17. The van der Waals surface area contributed by atoms with E-state index in [-0.39, 0.29) is 0 Å². The van der Waals surface area contributed by atoms with Gasteiger partial charge in [0.25, 0.3) is 0 Å². The molecule has 1 aromatic heterocycles. The molecule has 4 heteroatoms. The Balaban J connectivity index is 2.15. The van der Waals surface area contributed by atoms with Crippen molar-refractivity contribution in [3.05, 3.63) is 15.0 Å². The zero-order valence-corrected chi connectivity index (χ0v) is 8.41. The molecule has 1 atom stereocenters. The third-order valence-corrected chi connectivity index (χ3v) is 3.60. The van der Waals surface area contributed by atoms with Crippen molar-refractivity contribution in [3.63, 3.8) is 0 Å². The summed E-state index contributed by atoms with van der Waals surface area (Å²) in [6, 6.07) is 0. The van der Waals surface area contributed by atoms with Crippen LogP contribution < -0.4 is 5.32 Å². The van der Waals surface area contributed by atoms with Gasteiger partial charge < -0.3 is 5.32 Å². The molecule has 2 heterocycles. The van der Waals surface area contributed by atoms with Gasteiger partial charge in [0, 0.05) is 23.5 Å². The molecular formula is C7H9BrN2S. The molecule has 2 nitrogen and oxygen atoms in total. The highest BCUT2D eigenvalue weighted by Crippen LogP contribution is 2.29. The van der Waals surface area contributed by atoms with Crippen LogP contribution in [0.2, 0.25) is 0 Å². The second-order valence-electron chi connectivity index (χ2n) is 2.71. The molecule has 1 aliphatic rings. The minimum absolute atomic E-state index is 0.707. The Labute approximate surface area is 78.2 Å². The van der Waals surface area contributed by atoms with Crippen molar-refractivity contribution in [1.29, 1.82) is 0 Å². The fraction of sp³-hybridized carbons (Fsp3) is 0.571. The van der Waals surface area contributed by atoms with Crippen LogP contribution in [0.4, 0.5) is 0 Å². The average Bonchev–Trinajstić information content (AvgIpc) is 2.55. The van der Waals surface area contributed by atoms with E-state index in [1.807, 2.05) is 6.20 Å². The van der Waals surface area contributed by atoms with Crippen molar-refractivity contribution in [2.24, 2.45) is 0 Å². The fourth-order valence-corrected chi connectivity index (χ4v) is 2.79. The van der Waals surface area contributed by atoms with Crippen molar-refractivity contribution in [2.75, 3.05) is 13.1 Å². The number of halogens is 1. The molecule has 0 spiro atoms. The van der Waals surface area contributed by atoms with Gasteiger partial charge in [0.1, 0.15) is 0 Å². The molecule has 0 saturated carbocycles.